The van der Waals surface area contributed by atoms with E-state index in [1.54, 1.807) is 11.9 Å². The smallest absolute Gasteiger partial charge is 0.317 e. The largest absolute Gasteiger partial charge is 0.392 e. The molecule has 1 aliphatic heterocycles. The quantitative estimate of drug-likeness (QED) is 0.707. The SMILES string of the molecule is C#CCNC(=O)N(C)CC1CCN(C[C@H](C)O)CC1. The van der Waals surface area contributed by atoms with Crippen LogP contribution >= 0.6 is 0 Å². The predicted molar refractivity (Wildman–Crippen MR) is 75.7 cm³/mol. The number of β-amino-alcohol motifs (C(OH)–C–C–N with tert-alkyl or cyclic N) is 1. The summed E-state index contributed by atoms with van der Waals surface area (Å²) in [4.78, 5) is 15.6. The fraction of sp³-hybridized carbons (Fsp3) is 0.786. The highest BCUT2D eigenvalue weighted by molar-refractivity contribution is 5.74. The molecule has 0 aromatic carbocycles. The highest BCUT2D eigenvalue weighted by atomic mass is 16.3. The Labute approximate surface area is 116 Å². The van der Waals surface area contributed by atoms with Crippen LogP contribution in [0.25, 0.3) is 0 Å². The maximum Gasteiger partial charge on any atom is 0.317 e. The number of hydrogen-bond acceptors (Lipinski definition) is 3. The fourth-order valence-corrected chi connectivity index (χ4v) is 2.46. The summed E-state index contributed by atoms with van der Waals surface area (Å²) < 4.78 is 0. The number of hydrogen-bond donors (Lipinski definition) is 2. The van der Waals surface area contributed by atoms with Crippen LogP contribution in [0.3, 0.4) is 0 Å². The van der Waals surface area contributed by atoms with E-state index >= 15 is 0 Å². The molecule has 108 valence electrons. The van der Waals surface area contributed by atoms with Crippen LogP contribution < -0.4 is 5.32 Å². The van der Waals surface area contributed by atoms with E-state index in [9.17, 15) is 9.90 Å². The monoisotopic (exact) mass is 267 g/mol. The molecule has 5 heteroatoms. The minimum Gasteiger partial charge on any atom is -0.392 e. The number of carbonyl (C=O) groups excluding carboxylic acids is 1. The summed E-state index contributed by atoms with van der Waals surface area (Å²) in [5.41, 5.74) is 0. The van der Waals surface area contributed by atoms with Crippen LogP contribution in [0.4, 0.5) is 4.79 Å². The van der Waals surface area contributed by atoms with Gasteiger partial charge in [0.25, 0.3) is 0 Å². The molecule has 0 saturated carbocycles. The van der Waals surface area contributed by atoms with Gasteiger partial charge in [0.05, 0.1) is 12.6 Å². The van der Waals surface area contributed by atoms with Gasteiger partial charge < -0.3 is 20.2 Å². The third kappa shape index (κ3) is 5.95. The number of rotatable bonds is 5. The second-order valence-electron chi connectivity index (χ2n) is 5.34. The van der Waals surface area contributed by atoms with Crippen molar-refractivity contribution in [3.63, 3.8) is 0 Å². The van der Waals surface area contributed by atoms with Gasteiger partial charge in [-0.3, -0.25) is 0 Å². The van der Waals surface area contributed by atoms with Gasteiger partial charge in [-0.15, -0.1) is 6.42 Å². The predicted octanol–water partition coefficient (Wildman–Crippen LogP) is 0.354. The number of terminal acetylenes is 1. The first-order chi connectivity index (χ1) is 9.02. The van der Waals surface area contributed by atoms with Crippen LogP contribution in [0.15, 0.2) is 0 Å². The zero-order valence-corrected chi connectivity index (χ0v) is 11.9. The molecular weight excluding hydrogens is 242 g/mol. The van der Waals surface area contributed by atoms with Gasteiger partial charge in [-0.1, -0.05) is 5.92 Å². The first kappa shape index (κ1) is 15.8. The van der Waals surface area contributed by atoms with Crippen LogP contribution in [-0.2, 0) is 0 Å². The van der Waals surface area contributed by atoms with Crippen LogP contribution in [-0.4, -0.2) is 66.8 Å². The van der Waals surface area contributed by atoms with Gasteiger partial charge in [0.1, 0.15) is 0 Å². The van der Waals surface area contributed by atoms with E-state index in [2.05, 4.69) is 16.1 Å². The Morgan fingerprint density at radius 1 is 1.58 bits per heavy atom. The fourth-order valence-electron chi connectivity index (χ4n) is 2.46. The number of likely N-dealkylation sites (tertiary alicyclic amines) is 1. The number of aliphatic hydroxyl groups excluding tert-OH is 1. The average molecular weight is 267 g/mol. The first-order valence-electron chi connectivity index (χ1n) is 6.85. The van der Waals surface area contributed by atoms with E-state index in [4.69, 9.17) is 6.42 Å². The summed E-state index contributed by atoms with van der Waals surface area (Å²) >= 11 is 0. The van der Waals surface area contributed by atoms with E-state index in [0.29, 0.717) is 5.92 Å². The van der Waals surface area contributed by atoms with Crippen LogP contribution in [0.1, 0.15) is 19.8 Å². The summed E-state index contributed by atoms with van der Waals surface area (Å²) in [5, 5.41) is 12.0. The maximum atomic E-state index is 11.7. The zero-order valence-electron chi connectivity index (χ0n) is 11.9. The van der Waals surface area contributed by atoms with E-state index in [0.717, 1.165) is 39.0 Å². The molecular formula is C14H25N3O2. The van der Waals surface area contributed by atoms with Crippen LogP contribution in [0.5, 0.6) is 0 Å². The van der Waals surface area contributed by atoms with E-state index in [1.807, 2.05) is 6.92 Å². The summed E-state index contributed by atoms with van der Waals surface area (Å²) in [6.07, 6.45) is 6.98. The maximum absolute atomic E-state index is 11.7. The Balaban J connectivity index is 2.25. The molecule has 19 heavy (non-hydrogen) atoms. The minimum absolute atomic E-state index is 0.107. The van der Waals surface area contributed by atoms with Crippen molar-refractivity contribution in [2.75, 3.05) is 39.8 Å². The summed E-state index contributed by atoms with van der Waals surface area (Å²) in [6.45, 7) is 5.58. The van der Waals surface area contributed by atoms with E-state index < -0.39 is 0 Å². The molecule has 0 bridgehead atoms. The van der Waals surface area contributed by atoms with Gasteiger partial charge in [-0.2, -0.15) is 0 Å². The Morgan fingerprint density at radius 3 is 2.74 bits per heavy atom. The molecule has 0 radical (unpaired) electrons. The molecule has 0 aliphatic carbocycles. The van der Waals surface area contributed by atoms with Gasteiger partial charge in [-0.25, -0.2) is 4.79 Å². The van der Waals surface area contributed by atoms with Crippen molar-refractivity contribution in [2.24, 2.45) is 5.92 Å². The second kappa shape index (κ2) is 8.03. The number of aliphatic hydroxyl groups is 1. The lowest BCUT2D eigenvalue weighted by molar-refractivity contribution is 0.0946. The molecule has 0 unspecified atom stereocenters. The Morgan fingerprint density at radius 2 is 2.21 bits per heavy atom. The molecule has 0 aromatic rings. The van der Waals surface area contributed by atoms with Gasteiger partial charge >= 0.3 is 6.03 Å². The van der Waals surface area contributed by atoms with Crippen molar-refractivity contribution in [3.05, 3.63) is 0 Å². The van der Waals surface area contributed by atoms with Gasteiger partial charge in [0, 0.05) is 20.1 Å². The molecule has 1 heterocycles. The molecule has 1 fully saturated rings. The number of carbonyl (C=O) groups is 1. The minimum atomic E-state index is -0.270. The topological polar surface area (TPSA) is 55.8 Å². The van der Waals surface area contributed by atoms with Gasteiger partial charge in [0.15, 0.2) is 0 Å². The second-order valence-corrected chi connectivity index (χ2v) is 5.34. The first-order valence-corrected chi connectivity index (χ1v) is 6.85. The van der Waals surface area contributed by atoms with E-state index in [-0.39, 0.29) is 18.7 Å². The number of urea groups is 1. The highest BCUT2D eigenvalue weighted by Crippen LogP contribution is 2.18. The van der Waals surface area contributed by atoms with E-state index in [1.165, 1.54) is 0 Å². The lowest BCUT2D eigenvalue weighted by atomic mass is 9.96. The molecule has 1 aliphatic rings. The van der Waals surface area contributed by atoms with Crippen LogP contribution in [0, 0.1) is 18.3 Å². The normalized spacial score (nSPS) is 18.6. The lowest BCUT2D eigenvalue weighted by Gasteiger charge is -2.34. The standard InChI is InChI=1S/C14H25N3O2/c1-4-7-15-14(19)16(3)11-13-5-8-17(9-6-13)10-12(2)18/h1,12-13,18H,5-11H2,2-3H3,(H,15,19)/t12-/m0/s1. The molecule has 5 nitrogen and oxygen atoms in total. The Hall–Kier alpha value is -1.25. The third-order valence-electron chi connectivity index (χ3n) is 3.45. The number of nitrogens with zero attached hydrogens (tertiary/aromatic N) is 2. The molecule has 0 spiro atoms. The lowest BCUT2D eigenvalue weighted by Crippen LogP contribution is -2.44. The van der Waals surface area contributed by atoms with Crippen molar-refractivity contribution in [2.45, 2.75) is 25.9 Å². The Kier molecular flexibility index (Phi) is 6.68. The molecule has 1 rings (SSSR count). The van der Waals surface area contributed by atoms with Crippen LogP contribution in [0.2, 0.25) is 0 Å². The van der Waals surface area contributed by atoms with Gasteiger partial charge in [-0.05, 0) is 38.8 Å². The summed E-state index contributed by atoms with van der Waals surface area (Å²) in [7, 11) is 1.80. The average Bonchev–Trinajstić information content (AvgIpc) is 2.37. The zero-order chi connectivity index (χ0) is 14.3. The molecule has 1 atom stereocenters. The molecule has 0 aromatic heterocycles. The van der Waals surface area contributed by atoms with Crippen molar-refractivity contribution >= 4 is 6.03 Å². The van der Waals surface area contributed by atoms with Crippen molar-refractivity contribution in [1.29, 1.82) is 0 Å². The molecule has 2 amide bonds. The molecule has 1 saturated heterocycles. The van der Waals surface area contributed by atoms with Crippen molar-refractivity contribution in [3.8, 4) is 12.3 Å². The van der Waals surface area contributed by atoms with Crippen molar-refractivity contribution < 1.29 is 9.90 Å². The highest BCUT2D eigenvalue weighted by Gasteiger charge is 2.22. The van der Waals surface area contributed by atoms with Crippen molar-refractivity contribution in [1.82, 2.24) is 15.1 Å². The Bertz CT molecular complexity index is 317. The van der Waals surface area contributed by atoms with Gasteiger partial charge in [0.2, 0.25) is 0 Å². The number of nitrogens with one attached hydrogen (secondary N) is 1. The number of piperidine rings is 1. The number of amides is 2. The molecule has 2 N–H and O–H groups in total. The third-order valence-corrected chi connectivity index (χ3v) is 3.45. The summed E-state index contributed by atoms with van der Waals surface area (Å²) in [5.74, 6) is 2.93. The summed E-state index contributed by atoms with van der Waals surface area (Å²) in [6, 6.07) is -0.107.